The van der Waals surface area contributed by atoms with Gasteiger partial charge < -0.3 is 10.2 Å². The molecule has 0 aliphatic heterocycles. The van der Waals surface area contributed by atoms with Gasteiger partial charge in [0.15, 0.2) is 9.76 Å². The third-order valence-corrected chi connectivity index (χ3v) is 2.89. The molecule has 71 valence electrons. The third kappa shape index (κ3) is 3.72. The average Bonchev–Trinajstić information content (AvgIpc) is 2.19. The Kier molecular flexibility index (Phi) is 4.75. The lowest BCUT2D eigenvalue weighted by Gasteiger charge is -2.10. The Balaban J connectivity index is 2.35. The molecule has 0 aliphatic carbocycles. The number of nitrogens with two attached hydrogens (primary N) is 1. The predicted molar refractivity (Wildman–Crippen MR) is 57.0 cm³/mol. The molecule has 1 radical (unpaired) electrons. The molecule has 0 aliphatic rings. The van der Waals surface area contributed by atoms with E-state index in [1.54, 1.807) is 7.11 Å². The fourth-order valence-corrected chi connectivity index (χ4v) is 1.96. The number of hydrogen-bond donors (Lipinski definition) is 1. The maximum Gasteiger partial charge on any atom is 0.192 e. The zero-order chi connectivity index (χ0) is 9.52. The first-order chi connectivity index (χ1) is 6.34. The van der Waals surface area contributed by atoms with Crippen molar-refractivity contribution in [3.63, 3.8) is 0 Å². The highest BCUT2D eigenvalue weighted by Gasteiger charge is 2.04. The van der Waals surface area contributed by atoms with Crippen molar-refractivity contribution in [3.8, 4) is 0 Å². The second kappa shape index (κ2) is 5.91. The molecule has 0 spiro atoms. The van der Waals surface area contributed by atoms with Gasteiger partial charge in [-0.3, -0.25) is 0 Å². The van der Waals surface area contributed by atoms with Crippen LogP contribution in [0.15, 0.2) is 30.3 Å². The van der Waals surface area contributed by atoms with Crippen LogP contribution in [0.3, 0.4) is 0 Å². The Bertz CT molecular complexity index is 228. The highest BCUT2D eigenvalue weighted by molar-refractivity contribution is 6.26. The van der Waals surface area contributed by atoms with Crippen molar-refractivity contribution in [2.75, 3.05) is 7.11 Å². The van der Waals surface area contributed by atoms with E-state index in [0.29, 0.717) is 0 Å². The van der Waals surface area contributed by atoms with E-state index in [-0.39, 0.29) is 15.8 Å². The fourth-order valence-electron chi connectivity index (χ4n) is 1.23. The predicted octanol–water partition coefficient (Wildman–Crippen LogP) is 1.49. The summed E-state index contributed by atoms with van der Waals surface area (Å²) in [6, 6.07) is 11.5. The van der Waals surface area contributed by atoms with Crippen molar-refractivity contribution in [3.05, 3.63) is 35.9 Å². The third-order valence-electron chi connectivity index (χ3n) is 1.99. The highest BCUT2D eigenvalue weighted by Crippen LogP contribution is 2.14. The van der Waals surface area contributed by atoms with Crippen LogP contribution in [-0.2, 0) is 4.43 Å². The van der Waals surface area contributed by atoms with E-state index in [2.05, 4.69) is 12.1 Å². The molecule has 0 saturated heterocycles. The van der Waals surface area contributed by atoms with Gasteiger partial charge >= 0.3 is 0 Å². The van der Waals surface area contributed by atoms with Gasteiger partial charge in [-0.2, -0.15) is 0 Å². The van der Waals surface area contributed by atoms with Crippen molar-refractivity contribution < 1.29 is 4.43 Å². The van der Waals surface area contributed by atoms with E-state index in [0.717, 1.165) is 12.5 Å². The molecule has 1 rings (SSSR count). The Morgan fingerprint density at radius 2 is 2.08 bits per heavy atom. The largest absolute Gasteiger partial charge is 0.424 e. The quantitative estimate of drug-likeness (QED) is 0.569. The van der Waals surface area contributed by atoms with Gasteiger partial charge in [-0.1, -0.05) is 30.3 Å². The van der Waals surface area contributed by atoms with Crippen molar-refractivity contribution in [1.82, 2.24) is 0 Å². The molecule has 0 amide bonds. The average molecular weight is 194 g/mol. The van der Waals surface area contributed by atoms with Crippen LogP contribution < -0.4 is 5.73 Å². The van der Waals surface area contributed by atoms with Crippen LogP contribution in [0.25, 0.3) is 0 Å². The van der Waals surface area contributed by atoms with Crippen LogP contribution in [0.5, 0.6) is 0 Å². The van der Waals surface area contributed by atoms with Gasteiger partial charge in [0.25, 0.3) is 0 Å². The Labute approximate surface area is 82.0 Å². The smallest absolute Gasteiger partial charge is 0.192 e. The molecular weight excluding hydrogens is 178 g/mol. The minimum Gasteiger partial charge on any atom is -0.424 e. The summed E-state index contributed by atoms with van der Waals surface area (Å²) in [6.07, 6.45) is 1.02. The minimum atomic E-state index is 0.133. The summed E-state index contributed by atoms with van der Waals surface area (Å²) in [7, 11) is 1.89. The van der Waals surface area contributed by atoms with Gasteiger partial charge in [0.2, 0.25) is 0 Å². The van der Waals surface area contributed by atoms with Gasteiger partial charge in [0, 0.05) is 13.2 Å². The van der Waals surface area contributed by atoms with Crippen LogP contribution in [0.4, 0.5) is 0 Å². The summed E-state index contributed by atoms with van der Waals surface area (Å²) in [6.45, 7) is 0. The molecule has 0 saturated carbocycles. The summed E-state index contributed by atoms with van der Waals surface area (Å²) < 4.78 is 5.06. The maximum absolute atomic E-state index is 5.99. The standard InChI is InChI=1S/C10H16NOSi/c1-12-13-8-7-10(11)9-5-3-2-4-6-9/h2-6,10,13H,7-8,11H2,1H3. The molecule has 0 fully saturated rings. The Morgan fingerprint density at radius 3 is 2.69 bits per heavy atom. The first-order valence-corrected chi connectivity index (χ1v) is 5.78. The molecule has 13 heavy (non-hydrogen) atoms. The lowest BCUT2D eigenvalue weighted by atomic mass is 10.1. The van der Waals surface area contributed by atoms with Crippen molar-refractivity contribution in [2.45, 2.75) is 18.5 Å². The molecular formula is C10H16NOSi. The summed E-state index contributed by atoms with van der Waals surface area (Å²) >= 11 is 0. The van der Waals surface area contributed by atoms with E-state index in [9.17, 15) is 0 Å². The zero-order valence-electron chi connectivity index (χ0n) is 7.94. The van der Waals surface area contributed by atoms with E-state index in [4.69, 9.17) is 10.2 Å². The molecule has 2 nitrogen and oxygen atoms in total. The van der Waals surface area contributed by atoms with Crippen LogP contribution in [0.1, 0.15) is 18.0 Å². The molecule has 2 N–H and O–H groups in total. The second-order valence-electron chi connectivity index (χ2n) is 3.00. The van der Waals surface area contributed by atoms with Crippen molar-refractivity contribution >= 4 is 9.76 Å². The molecule has 1 aromatic carbocycles. The topological polar surface area (TPSA) is 35.2 Å². The summed E-state index contributed by atoms with van der Waals surface area (Å²) in [5, 5.41) is 0. The van der Waals surface area contributed by atoms with Crippen LogP contribution in [-0.4, -0.2) is 16.9 Å². The lowest BCUT2D eigenvalue weighted by Crippen LogP contribution is -2.11. The van der Waals surface area contributed by atoms with Crippen LogP contribution in [0.2, 0.25) is 6.04 Å². The first-order valence-electron chi connectivity index (χ1n) is 4.49. The number of hydrogen-bond acceptors (Lipinski definition) is 2. The number of benzene rings is 1. The Hall–Kier alpha value is -0.643. The monoisotopic (exact) mass is 194 g/mol. The lowest BCUT2D eigenvalue weighted by molar-refractivity contribution is 0.437. The summed E-state index contributed by atoms with van der Waals surface area (Å²) in [4.78, 5) is 0. The van der Waals surface area contributed by atoms with Gasteiger partial charge in [-0.15, -0.1) is 0 Å². The second-order valence-corrected chi connectivity index (χ2v) is 4.38. The van der Waals surface area contributed by atoms with Gasteiger partial charge in [-0.25, -0.2) is 0 Å². The van der Waals surface area contributed by atoms with E-state index in [1.807, 2.05) is 18.2 Å². The number of rotatable bonds is 5. The molecule has 1 atom stereocenters. The summed E-state index contributed by atoms with van der Waals surface area (Å²) in [5.41, 5.74) is 7.21. The molecule has 1 unspecified atom stereocenters. The first kappa shape index (κ1) is 10.4. The molecule has 0 aromatic heterocycles. The normalized spacial score (nSPS) is 12.8. The van der Waals surface area contributed by atoms with Crippen LogP contribution in [0, 0.1) is 0 Å². The summed E-state index contributed by atoms with van der Waals surface area (Å²) in [5.74, 6) is 0. The van der Waals surface area contributed by atoms with Crippen molar-refractivity contribution in [1.29, 1.82) is 0 Å². The van der Waals surface area contributed by atoms with E-state index >= 15 is 0 Å². The molecule has 1 aromatic rings. The van der Waals surface area contributed by atoms with E-state index in [1.165, 1.54) is 5.56 Å². The molecule has 0 bridgehead atoms. The molecule has 0 heterocycles. The zero-order valence-corrected chi connectivity index (χ0v) is 9.10. The SMILES string of the molecule is CO[SiH]CCC(N)c1ccccc1. The Morgan fingerprint density at radius 1 is 1.38 bits per heavy atom. The maximum atomic E-state index is 5.99. The fraction of sp³-hybridized carbons (Fsp3) is 0.400. The van der Waals surface area contributed by atoms with Crippen LogP contribution >= 0.6 is 0 Å². The van der Waals surface area contributed by atoms with Crippen molar-refractivity contribution in [2.24, 2.45) is 5.73 Å². The van der Waals surface area contributed by atoms with E-state index < -0.39 is 0 Å². The van der Waals surface area contributed by atoms with Gasteiger partial charge in [0.05, 0.1) is 0 Å². The van der Waals surface area contributed by atoms with Gasteiger partial charge in [0.1, 0.15) is 0 Å². The highest BCUT2D eigenvalue weighted by atomic mass is 28.2. The van der Waals surface area contributed by atoms with Gasteiger partial charge in [-0.05, 0) is 18.0 Å². The minimum absolute atomic E-state index is 0.133. The molecule has 3 heteroatoms.